The number of rotatable bonds is 10. The maximum absolute atomic E-state index is 12.9. The molecule has 0 saturated heterocycles. The molecule has 2 saturated carbocycles. The van der Waals surface area contributed by atoms with Crippen LogP contribution in [0.2, 0.25) is 0 Å². The van der Waals surface area contributed by atoms with Crippen molar-refractivity contribution in [3.8, 4) is 11.6 Å². The first-order valence-corrected chi connectivity index (χ1v) is 12.7. The van der Waals surface area contributed by atoms with Gasteiger partial charge in [0.1, 0.15) is 5.82 Å². The van der Waals surface area contributed by atoms with E-state index in [0.29, 0.717) is 40.6 Å². The van der Waals surface area contributed by atoms with Gasteiger partial charge in [0.2, 0.25) is 5.88 Å². The van der Waals surface area contributed by atoms with E-state index in [1.54, 1.807) is 42.6 Å². The van der Waals surface area contributed by atoms with Crippen LogP contribution in [0.3, 0.4) is 0 Å². The van der Waals surface area contributed by atoms with Crippen LogP contribution in [-0.2, 0) is 4.74 Å². The zero-order valence-electron chi connectivity index (χ0n) is 21.9. The van der Waals surface area contributed by atoms with Crippen molar-refractivity contribution < 1.29 is 19.4 Å². The fraction of sp³-hybridized carbons (Fsp3) is 0.300. The zero-order chi connectivity index (χ0) is 26.8. The number of methoxy groups -OCH3 is 2. The highest BCUT2D eigenvalue weighted by Gasteiger charge is 2.32. The number of nitrogens with zero attached hydrogens (tertiary/aromatic N) is 3. The van der Waals surface area contributed by atoms with Crippen molar-refractivity contribution in [2.75, 3.05) is 31.5 Å². The lowest BCUT2D eigenvalue weighted by Gasteiger charge is -2.28. The van der Waals surface area contributed by atoms with Crippen LogP contribution in [0.25, 0.3) is 5.57 Å². The van der Waals surface area contributed by atoms with Crippen molar-refractivity contribution >= 4 is 23.0 Å². The molecule has 38 heavy (non-hydrogen) atoms. The first kappa shape index (κ1) is 25.3. The van der Waals surface area contributed by atoms with E-state index in [9.17, 15) is 9.90 Å². The molecule has 196 valence electrons. The highest BCUT2D eigenvalue weighted by molar-refractivity contribution is 5.97. The summed E-state index contributed by atoms with van der Waals surface area (Å²) in [7, 11) is 4.78. The van der Waals surface area contributed by atoms with E-state index < -0.39 is 5.97 Å². The minimum Gasteiger partial charge on any atom is -0.504 e. The van der Waals surface area contributed by atoms with Gasteiger partial charge in [-0.25, -0.2) is 14.8 Å². The van der Waals surface area contributed by atoms with Gasteiger partial charge in [-0.1, -0.05) is 12.6 Å². The predicted octanol–water partition coefficient (Wildman–Crippen LogP) is 5.74. The number of anilines is 2. The summed E-state index contributed by atoms with van der Waals surface area (Å²) in [5.41, 5.74) is 4.73. The summed E-state index contributed by atoms with van der Waals surface area (Å²) >= 11 is 0. The Labute approximate surface area is 222 Å². The van der Waals surface area contributed by atoms with Gasteiger partial charge >= 0.3 is 5.97 Å². The Morgan fingerprint density at radius 3 is 2.50 bits per heavy atom. The van der Waals surface area contributed by atoms with Crippen molar-refractivity contribution in [1.82, 2.24) is 9.97 Å². The van der Waals surface area contributed by atoms with E-state index in [-0.39, 0.29) is 5.75 Å². The van der Waals surface area contributed by atoms with Gasteiger partial charge < -0.3 is 24.8 Å². The number of carbonyl (C=O) groups is 1. The minimum atomic E-state index is -0.425. The number of carbonyl (C=O) groups excluding carboxylic acids is 1. The van der Waals surface area contributed by atoms with Crippen molar-refractivity contribution in [3.63, 3.8) is 0 Å². The second-order valence-electron chi connectivity index (χ2n) is 9.71. The Kier molecular flexibility index (Phi) is 7.05. The van der Waals surface area contributed by atoms with Crippen LogP contribution >= 0.6 is 0 Å². The number of hydrogen-bond donors (Lipinski definition) is 2. The molecule has 0 amide bonds. The van der Waals surface area contributed by atoms with Gasteiger partial charge in [-0.2, -0.15) is 0 Å². The summed E-state index contributed by atoms with van der Waals surface area (Å²) in [6.45, 7) is 4.46. The largest absolute Gasteiger partial charge is 0.504 e. The predicted molar refractivity (Wildman–Crippen MR) is 147 cm³/mol. The summed E-state index contributed by atoms with van der Waals surface area (Å²) in [5.74, 6) is 1.86. The molecule has 0 unspecified atom stereocenters. The maximum atomic E-state index is 12.9. The highest BCUT2D eigenvalue weighted by Crippen LogP contribution is 2.45. The molecule has 0 bridgehead atoms. The van der Waals surface area contributed by atoms with Gasteiger partial charge in [0, 0.05) is 36.6 Å². The fourth-order valence-electron chi connectivity index (χ4n) is 4.57. The van der Waals surface area contributed by atoms with E-state index in [1.807, 2.05) is 31.3 Å². The number of aromatic nitrogens is 2. The van der Waals surface area contributed by atoms with Crippen LogP contribution in [0.15, 0.2) is 72.8 Å². The molecule has 0 aliphatic heterocycles. The van der Waals surface area contributed by atoms with Gasteiger partial charge in [0.25, 0.3) is 0 Å². The van der Waals surface area contributed by atoms with E-state index in [2.05, 4.69) is 21.9 Å². The van der Waals surface area contributed by atoms with Crippen LogP contribution in [0.4, 0.5) is 11.5 Å². The van der Waals surface area contributed by atoms with Crippen LogP contribution in [0.5, 0.6) is 11.6 Å². The van der Waals surface area contributed by atoms with Crippen LogP contribution in [0.1, 0.15) is 53.1 Å². The van der Waals surface area contributed by atoms with Gasteiger partial charge in [-0.05, 0) is 79.0 Å². The normalized spacial score (nSPS) is 15.3. The van der Waals surface area contributed by atoms with Crippen molar-refractivity contribution in [1.29, 1.82) is 0 Å². The van der Waals surface area contributed by atoms with Gasteiger partial charge in [0.15, 0.2) is 11.6 Å². The summed E-state index contributed by atoms with van der Waals surface area (Å²) in [6, 6.07) is 12.9. The number of esters is 1. The molecule has 8 heteroatoms. The van der Waals surface area contributed by atoms with Crippen molar-refractivity contribution in [2.45, 2.75) is 31.6 Å². The fourth-order valence-corrected chi connectivity index (χ4v) is 4.57. The van der Waals surface area contributed by atoms with E-state index >= 15 is 0 Å². The summed E-state index contributed by atoms with van der Waals surface area (Å²) in [4.78, 5) is 23.5. The van der Waals surface area contributed by atoms with Crippen LogP contribution in [0, 0.1) is 5.92 Å². The van der Waals surface area contributed by atoms with Gasteiger partial charge in [-0.3, -0.25) is 0 Å². The molecule has 3 aromatic rings. The Hall–Kier alpha value is -4.33. The standard InChI is InChI=1S/C30H32N4O4/c1-18(19-7-8-19)27(22-12-14-26(37-3)32-17-22)29(34(2)28-25(35)6-5-15-31-28)33-24-13-11-21(20-9-10-20)16-23(24)30(36)38-4/h5-6,11-17,19-20,33,35H,1,7-10H2,2-4H3/b29-27+. The maximum Gasteiger partial charge on any atom is 0.339 e. The van der Waals surface area contributed by atoms with E-state index in [0.717, 1.165) is 48.0 Å². The molecule has 0 spiro atoms. The number of allylic oxidation sites excluding steroid dienone is 2. The second-order valence-corrected chi connectivity index (χ2v) is 9.71. The molecule has 0 atom stereocenters. The van der Waals surface area contributed by atoms with E-state index in [4.69, 9.17) is 9.47 Å². The molecular formula is C30H32N4O4. The third-order valence-electron chi connectivity index (χ3n) is 7.03. The third kappa shape index (κ3) is 5.20. The molecular weight excluding hydrogens is 480 g/mol. The number of aromatic hydroxyl groups is 1. The molecule has 8 nitrogen and oxygen atoms in total. The molecule has 2 aliphatic rings. The Balaban J connectivity index is 1.70. The Morgan fingerprint density at radius 2 is 1.89 bits per heavy atom. The van der Waals surface area contributed by atoms with Crippen molar-refractivity contribution in [2.24, 2.45) is 5.92 Å². The third-order valence-corrected chi connectivity index (χ3v) is 7.03. The number of pyridine rings is 2. The quantitative estimate of drug-likeness (QED) is 0.262. The van der Waals surface area contributed by atoms with Gasteiger partial charge in [-0.15, -0.1) is 0 Å². The number of ether oxygens (including phenoxy) is 2. The van der Waals surface area contributed by atoms with Gasteiger partial charge in [0.05, 0.1) is 25.5 Å². The number of benzene rings is 1. The lowest BCUT2D eigenvalue weighted by Crippen LogP contribution is -2.26. The average molecular weight is 513 g/mol. The van der Waals surface area contributed by atoms with E-state index in [1.165, 1.54) is 7.11 Å². The summed E-state index contributed by atoms with van der Waals surface area (Å²) in [5, 5.41) is 14.2. The number of nitrogens with one attached hydrogen (secondary N) is 1. The summed E-state index contributed by atoms with van der Waals surface area (Å²) < 4.78 is 10.4. The SMILES string of the molecule is C=C(/C(=C(/Nc1ccc(C2CC2)cc1C(=O)OC)N(C)c1ncccc1O)c1ccc(OC)nc1)C1CC1. The molecule has 2 fully saturated rings. The first-order valence-electron chi connectivity index (χ1n) is 12.7. The lowest BCUT2D eigenvalue weighted by molar-refractivity contribution is 0.0601. The monoisotopic (exact) mass is 512 g/mol. The molecule has 2 aliphatic carbocycles. The van der Waals surface area contributed by atoms with Crippen molar-refractivity contribution in [3.05, 3.63) is 89.5 Å². The summed E-state index contributed by atoms with van der Waals surface area (Å²) in [6.07, 6.45) is 7.69. The molecule has 2 heterocycles. The zero-order valence-corrected chi connectivity index (χ0v) is 21.9. The average Bonchev–Trinajstić information content (AvgIpc) is 3.86. The van der Waals surface area contributed by atoms with Crippen LogP contribution < -0.4 is 15.0 Å². The molecule has 1 aromatic carbocycles. The second kappa shape index (κ2) is 10.6. The molecule has 5 rings (SSSR count). The highest BCUT2D eigenvalue weighted by atomic mass is 16.5. The topological polar surface area (TPSA) is 96.8 Å². The first-order chi connectivity index (χ1) is 18.4. The Bertz CT molecular complexity index is 1390. The molecule has 0 radical (unpaired) electrons. The number of hydrogen-bond acceptors (Lipinski definition) is 8. The minimum absolute atomic E-state index is 0.0239. The molecule has 2 N–H and O–H groups in total. The smallest absolute Gasteiger partial charge is 0.339 e. The van der Waals surface area contributed by atoms with Crippen LogP contribution in [-0.4, -0.2) is 42.3 Å². The lowest BCUT2D eigenvalue weighted by atomic mass is 9.96. The molecule has 2 aromatic heterocycles. The Morgan fingerprint density at radius 1 is 1.11 bits per heavy atom.